The van der Waals surface area contributed by atoms with E-state index in [0.717, 1.165) is 27.9 Å². The SMILES string of the molecule is C=CCn1c(S[C@@H](C)C(=O)Nc2c(C)cc(C)cc2C)nnc1-c1ccc(F)cc1. The summed E-state index contributed by atoms with van der Waals surface area (Å²) < 4.78 is 15.1. The summed E-state index contributed by atoms with van der Waals surface area (Å²) in [4.78, 5) is 12.8. The van der Waals surface area contributed by atoms with Gasteiger partial charge in [-0.3, -0.25) is 9.36 Å². The van der Waals surface area contributed by atoms with E-state index in [1.54, 1.807) is 18.2 Å². The van der Waals surface area contributed by atoms with Crippen LogP contribution in [0.1, 0.15) is 23.6 Å². The molecule has 0 aliphatic rings. The number of allylic oxidation sites excluding steroid dienone is 1. The smallest absolute Gasteiger partial charge is 0.237 e. The molecule has 1 amide bonds. The summed E-state index contributed by atoms with van der Waals surface area (Å²) in [5, 5.41) is 11.8. The predicted molar refractivity (Wildman–Crippen MR) is 120 cm³/mol. The number of aromatic nitrogens is 3. The fourth-order valence-corrected chi connectivity index (χ4v) is 4.15. The molecule has 0 fully saturated rings. The number of hydrogen-bond acceptors (Lipinski definition) is 4. The number of rotatable bonds is 7. The molecule has 5 nitrogen and oxygen atoms in total. The number of hydrogen-bond donors (Lipinski definition) is 1. The number of carbonyl (C=O) groups excluding carboxylic acids is 1. The van der Waals surface area contributed by atoms with Crippen molar-refractivity contribution in [2.45, 2.75) is 44.6 Å². The third-order valence-corrected chi connectivity index (χ3v) is 5.79. The highest BCUT2D eigenvalue weighted by molar-refractivity contribution is 8.00. The molecule has 0 radical (unpaired) electrons. The minimum atomic E-state index is -0.390. The minimum Gasteiger partial charge on any atom is -0.325 e. The molecule has 3 rings (SSSR count). The van der Waals surface area contributed by atoms with Gasteiger partial charge in [0.15, 0.2) is 11.0 Å². The van der Waals surface area contributed by atoms with Gasteiger partial charge in [0.25, 0.3) is 0 Å². The number of aryl methyl sites for hydroxylation is 3. The average Bonchev–Trinajstić information content (AvgIpc) is 3.07. The van der Waals surface area contributed by atoms with E-state index in [9.17, 15) is 9.18 Å². The molecule has 30 heavy (non-hydrogen) atoms. The lowest BCUT2D eigenvalue weighted by molar-refractivity contribution is -0.115. The second-order valence-electron chi connectivity index (χ2n) is 7.24. The van der Waals surface area contributed by atoms with Crippen LogP contribution in [-0.4, -0.2) is 25.9 Å². The molecule has 0 unspecified atom stereocenters. The fraction of sp³-hybridized carbons (Fsp3) is 0.261. The first-order valence-electron chi connectivity index (χ1n) is 9.65. The molecular formula is C23H25FN4OS. The molecule has 156 valence electrons. The molecule has 1 heterocycles. The zero-order chi connectivity index (χ0) is 21.8. The molecule has 0 saturated heterocycles. The van der Waals surface area contributed by atoms with Crippen LogP contribution in [0.2, 0.25) is 0 Å². The standard InChI is InChI=1S/C23H25FN4OS/c1-6-11-28-21(18-7-9-19(24)10-8-18)26-27-23(28)30-17(5)22(29)25-20-15(3)12-14(2)13-16(20)4/h6-10,12-13,17H,1,11H2,2-5H3,(H,25,29)/t17-/m0/s1. The molecule has 1 aromatic heterocycles. The Morgan fingerprint density at radius 1 is 1.20 bits per heavy atom. The predicted octanol–water partition coefficient (Wildman–Crippen LogP) is 5.31. The van der Waals surface area contributed by atoms with Crippen LogP contribution in [0.15, 0.2) is 54.2 Å². The van der Waals surface area contributed by atoms with Crippen LogP contribution in [-0.2, 0) is 11.3 Å². The van der Waals surface area contributed by atoms with Gasteiger partial charge in [-0.25, -0.2) is 4.39 Å². The van der Waals surface area contributed by atoms with Crippen LogP contribution >= 0.6 is 11.8 Å². The third kappa shape index (κ3) is 4.79. The van der Waals surface area contributed by atoms with Gasteiger partial charge in [-0.2, -0.15) is 0 Å². The van der Waals surface area contributed by atoms with Gasteiger partial charge in [0.1, 0.15) is 5.82 Å². The number of benzene rings is 2. The Morgan fingerprint density at radius 3 is 2.43 bits per heavy atom. The van der Waals surface area contributed by atoms with Gasteiger partial charge in [-0.05, 0) is 63.1 Å². The maximum absolute atomic E-state index is 13.3. The van der Waals surface area contributed by atoms with E-state index in [2.05, 4.69) is 34.2 Å². The van der Waals surface area contributed by atoms with Crippen molar-refractivity contribution in [3.63, 3.8) is 0 Å². The van der Waals surface area contributed by atoms with Crippen LogP contribution in [0.4, 0.5) is 10.1 Å². The van der Waals surface area contributed by atoms with E-state index < -0.39 is 0 Å². The lowest BCUT2D eigenvalue weighted by atomic mass is 10.1. The van der Waals surface area contributed by atoms with Crippen molar-refractivity contribution in [1.82, 2.24) is 14.8 Å². The second kappa shape index (κ2) is 9.26. The van der Waals surface area contributed by atoms with Crippen molar-refractivity contribution in [2.75, 3.05) is 5.32 Å². The van der Waals surface area contributed by atoms with Crippen LogP contribution in [0, 0.1) is 26.6 Å². The minimum absolute atomic E-state index is 0.105. The van der Waals surface area contributed by atoms with E-state index >= 15 is 0 Å². The molecule has 3 aromatic rings. The van der Waals surface area contributed by atoms with Gasteiger partial charge >= 0.3 is 0 Å². The van der Waals surface area contributed by atoms with Gasteiger partial charge in [-0.15, -0.1) is 16.8 Å². The molecule has 7 heteroatoms. The van der Waals surface area contributed by atoms with E-state index in [4.69, 9.17) is 0 Å². The molecule has 0 bridgehead atoms. The summed E-state index contributed by atoms with van der Waals surface area (Å²) in [6.07, 6.45) is 1.74. The zero-order valence-corrected chi connectivity index (χ0v) is 18.4. The van der Waals surface area contributed by atoms with Crippen molar-refractivity contribution in [2.24, 2.45) is 0 Å². The highest BCUT2D eigenvalue weighted by atomic mass is 32.2. The number of amides is 1. The summed E-state index contributed by atoms with van der Waals surface area (Å²) in [5.74, 6) is 0.192. The van der Waals surface area contributed by atoms with Crippen LogP contribution < -0.4 is 5.32 Å². The molecule has 1 N–H and O–H groups in total. The quantitative estimate of drug-likeness (QED) is 0.412. The van der Waals surface area contributed by atoms with Crippen LogP contribution in [0.25, 0.3) is 11.4 Å². The zero-order valence-electron chi connectivity index (χ0n) is 17.6. The third-order valence-electron chi connectivity index (χ3n) is 4.71. The number of thioether (sulfide) groups is 1. The second-order valence-corrected chi connectivity index (χ2v) is 8.54. The lowest BCUT2D eigenvalue weighted by Crippen LogP contribution is -2.24. The maximum atomic E-state index is 13.3. The number of nitrogens with zero attached hydrogens (tertiary/aromatic N) is 3. The van der Waals surface area contributed by atoms with E-state index in [0.29, 0.717) is 17.5 Å². The normalized spacial score (nSPS) is 11.9. The first kappa shape index (κ1) is 21.8. The molecular weight excluding hydrogens is 399 g/mol. The summed E-state index contributed by atoms with van der Waals surface area (Å²) in [5.41, 5.74) is 4.83. The summed E-state index contributed by atoms with van der Waals surface area (Å²) in [6.45, 7) is 12.1. The number of anilines is 1. The number of nitrogens with one attached hydrogen (secondary N) is 1. The first-order chi connectivity index (χ1) is 14.3. The highest BCUT2D eigenvalue weighted by Crippen LogP contribution is 2.29. The average molecular weight is 425 g/mol. The molecule has 0 spiro atoms. The molecule has 2 aromatic carbocycles. The summed E-state index contributed by atoms with van der Waals surface area (Å²) >= 11 is 1.33. The maximum Gasteiger partial charge on any atom is 0.237 e. The first-order valence-corrected chi connectivity index (χ1v) is 10.5. The Morgan fingerprint density at radius 2 is 1.83 bits per heavy atom. The van der Waals surface area contributed by atoms with Crippen molar-refractivity contribution < 1.29 is 9.18 Å². The number of halogens is 1. The van der Waals surface area contributed by atoms with E-state index in [1.807, 2.05) is 32.3 Å². The molecule has 0 aliphatic carbocycles. The Balaban J connectivity index is 1.81. The summed E-state index contributed by atoms with van der Waals surface area (Å²) in [6, 6.07) is 10.2. The Labute approximate surface area is 180 Å². The molecule has 1 atom stereocenters. The van der Waals surface area contributed by atoms with Crippen molar-refractivity contribution in [3.05, 3.63) is 71.6 Å². The topological polar surface area (TPSA) is 59.8 Å². The van der Waals surface area contributed by atoms with Gasteiger partial charge in [0.2, 0.25) is 5.91 Å². The van der Waals surface area contributed by atoms with E-state index in [1.165, 1.54) is 23.9 Å². The van der Waals surface area contributed by atoms with Gasteiger partial charge in [0, 0.05) is 17.8 Å². The van der Waals surface area contributed by atoms with Crippen LogP contribution in [0.5, 0.6) is 0 Å². The number of carbonyl (C=O) groups is 1. The lowest BCUT2D eigenvalue weighted by Gasteiger charge is -2.16. The Hall–Kier alpha value is -2.93. The van der Waals surface area contributed by atoms with Gasteiger partial charge in [-0.1, -0.05) is 35.5 Å². The largest absolute Gasteiger partial charge is 0.325 e. The van der Waals surface area contributed by atoms with Crippen LogP contribution in [0.3, 0.4) is 0 Å². The monoisotopic (exact) mass is 424 g/mol. The highest BCUT2D eigenvalue weighted by Gasteiger charge is 2.21. The van der Waals surface area contributed by atoms with E-state index in [-0.39, 0.29) is 17.0 Å². The Kier molecular flexibility index (Phi) is 6.72. The Bertz CT molecular complexity index is 1050. The van der Waals surface area contributed by atoms with Crippen molar-refractivity contribution in [1.29, 1.82) is 0 Å². The van der Waals surface area contributed by atoms with Gasteiger partial charge < -0.3 is 5.32 Å². The molecule has 0 aliphatic heterocycles. The van der Waals surface area contributed by atoms with Crippen molar-refractivity contribution in [3.8, 4) is 11.4 Å². The molecule has 0 saturated carbocycles. The van der Waals surface area contributed by atoms with Gasteiger partial charge in [0.05, 0.1) is 5.25 Å². The summed E-state index contributed by atoms with van der Waals surface area (Å²) in [7, 11) is 0. The van der Waals surface area contributed by atoms with Crippen molar-refractivity contribution >= 4 is 23.4 Å². The fourth-order valence-electron chi connectivity index (χ4n) is 3.30.